The number of aliphatic imine (C=N–C) groups is 1. The van der Waals surface area contributed by atoms with Gasteiger partial charge in [-0.05, 0) is 31.1 Å². The molecule has 0 heterocycles. The summed E-state index contributed by atoms with van der Waals surface area (Å²) in [5.74, 6) is 7.28. The molecule has 3 nitrogen and oxygen atoms in total. The number of hydrogen-bond donors (Lipinski definition) is 2. The number of nitrogens with one attached hydrogen (secondary N) is 1. The Morgan fingerprint density at radius 3 is 2.38 bits per heavy atom. The summed E-state index contributed by atoms with van der Waals surface area (Å²) in [6, 6.07) is 0.530. The molecule has 2 fully saturated rings. The second kappa shape index (κ2) is 4.74. The summed E-state index contributed by atoms with van der Waals surface area (Å²) in [7, 11) is 0. The lowest BCUT2D eigenvalue weighted by atomic mass is 9.81. The summed E-state index contributed by atoms with van der Waals surface area (Å²) in [6.45, 7) is 4.68. The van der Waals surface area contributed by atoms with Gasteiger partial charge in [-0.3, -0.25) is 4.99 Å². The normalized spacial score (nSPS) is 30.9. The molecule has 2 rings (SSSR count). The van der Waals surface area contributed by atoms with Crippen molar-refractivity contribution in [3.63, 3.8) is 0 Å². The molecular weight excluding hydrogens is 198 g/mol. The molecule has 3 N–H and O–H groups in total. The van der Waals surface area contributed by atoms with Crippen LogP contribution in [0.1, 0.15) is 58.8 Å². The van der Waals surface area contributed by atoms with Gasteiger partial charge >= 0.3 is 0 Å². The van der Waals surface area contributed by atoms with Gasteiger partial charge in [-0.15, -0.1) is 0 Å². The van der Waals surface area contributed by atoms with Crippen LogP contribution in [0.2, 0.25) is 0 Å². The zero-order chi connectivity index (χ0) is 11.6. The molecule has 2 aliphatic carbocycles. The monoisotopic (exact) mass is 223 g/mol. The summed E-state index contributed by atoms with van der Waals surface area (Å²) in [5, 5.41) is 0. The molecular formula is C13H25N3. The van der Waals surface area contributed by atoms with Crippen LogP contribution in [0.15, 0.2) is 4.99 Å². The van der Waals surface area contributed by atoms with Crippen LogP contribution >= 0.6 is 0 Å². The molecule has 1 unspecified atom stereocenters. The minimum Gasteiger partial charge on any atom is -0.312 e. The Morgan fingerprint density at radius 2 is 1.88 bits per heavy atom. The lowest BCUT2D eigenvalue weighted by Crippen LogP contribution is -2.41. The highest BCUT2D eigenvalue weighted by Crippen LogP contribution is 2.43. The van der Waals surface area contributed by atoms with Gasteiger partial charge in [0, 0.05) is 5.92 Å². The largest absolute Gasteiger partial charge is 0.312 e. The Labute approximate surface area is 98.9 Å². The molecule has 16 heavy (non-hydrogen) atoms. The van der Waals surface area contributed by atoms with E-state index in [9.17, 15) is 0 Å². The average molecular weight is 223 g/mol. The third-order valence-corrected chi connectivity index (χ3v) is 4.38. The molecule has 0 bridgehead atoms. The highest BCUT2D eigenvalue weighted by Gasteiger charge is 2.38. The van der Waals surface area contributed by atoms with Crippen LogP contribution in [-0.4, -0.2) is 11.9 Å². The Bertz CT molecular complexity index is 264. The lowest BCUT2D eigenvalue weighted by Gasteiger charge is -2.28. The fourth-order valence-corrected chi connectivity index (χ4v) is 3.29. The quantitative estimate of drug-likeness (QED) is 0.327. The predicted octanol–water partition coefficient (Wildman–Crippen LogP) is 2.62. The smallest absolute Gasteiger partial charge is 0.114 e. The van der Waals surface area contributed by atoms with Crippen LogP contribution in [0, 0.1) is 11.3 Å². The summed E-state index contributed by atoms with van der Waals surface area (Å²) >= 11 is 0. The maximum atomic E-state index is 5.67. The maximum absolute atomic E-state index is 5.67. The molecule has 2 saturated carbocycles. The van der Waals surface area contributed by atoms with Crippen molar-refractivity contribution in [2.75, 3.05) is 0 Å². The van der Waals surface area contributed by atoms with Crippen molar-refractivity contribution in [1.82, 2.24) is 5.43 Å². The van der Waals surface area contributed by atoms with Gasteiger partial charge in [0.25, 0.3) is 0 Å². The van der Waals surface area contributed by atoms with Crippen molar-refractivity contribution in [3.05, 3.63) is 0 Å². The Balaban J connectivity index is 2.09. The van der Waals surface area contributed by atoms with E-state index in [0.29, 0.717) is 17.4 Å². The minimum absolute atomic E-state index is 0.365. The molecule has 92 valence electrons. The number of amidine groups is 1. The summed E-state index contributed by atoms with van der Waals surface area (Å²) in [4.78, 5) is 4.85. The van der Waals surface area contributed by atoms with Crippen molar-refractivity contribution in [2.45, 2.75) is 64.8 Å². The molecule has 0 spiro atoms. The number of nitrogens with two attached hydrogens (primary N) is 1. The van der Waals surface area contributed by atoms with E-state index < -0.39 is 0 Å². The zero-order valence-electron chi connectivity index (χ0n) is 10.6. The van der Waals surface area contributed by atoms with E-state index in [1.54, 1.807) is 0 Å². The molecule has 0 radical (unpaired) electrons. The van der Waals surface area contributed by atoms with E-state index in [4.69, 9.17) is 10.8 Å². The van der Waals surface area contributed by atoms with Crippen LogP contribution in [0.3, 0.4) is 0 Å². The highest BCUT2D eigenvalue weighted by atomic mass is 15.3. The van der Waals surface area contributed by atoms with Gasteiger partial charge in [0.2, 0.25) is 0 Å². The van der Waals surface area contributed by atoms with Crippen molar-refractivity contribution < 1.29 is 0 Å². The molecule has 0 amide bonds. The first kappa shape index (κ1) is 11.9. The topological polar surface area (TPSA) is 50.4 Å². The van der Waals surface area contributed by atoms with Crippen molar-refractivity contribution in [1.29, 1.82) is 0 Å². The van der Waals surface area contributed by atoms with Gasteiger partial charge in [-0.25, -0.2) is 5.84 Å². The fraction of sp³-hybridized carbons (Fsp3) is 0.923. The first-order valence-electron chi connectivity index (χ1n) is 6.68. The van der Waals surface area contributed by atoms with Crippen LogP contribution in [-0.2, 0) is 0 Å². The second-order valence-corrected chi connectivity index (χ2v) is 6.03. The summed E-state index contributed by atoms with van der Waals surface area (Å²) < 4.78 is 0. The van der Waals surface area contributed by atoms with Gasteiger partial charge in [-0.2, -0.15) is 0 Å². The molecule has 0 aromatic carbocycles. The highest BCUT2D eigenvalue weighted by molar-refractivity contribution is 5.85. The van der Waals surface area contributed by atoms with E-state index in [1.165, 1.54) is 44.9 Å². The first-order valence-corrected chi connectivity index (χ1v) is 6.68. The molecule has 0 aliphatic heterocycles. The van der Waals surface area contributed by atoms with Gasteiger partial charge < -0.3 is 5.43 Å². The third kappa shape index (κ3) is 2.40. The van der Waals surface area contributed by atoms with Crippen molar-refractivity contribution >= 4 is 5.84 Å². The number of rotatable bonds is 2. The maximum Gasteiger partial charge on any atom is 0.114 e. The molecule has 0 saturated heterocycles. The lowest BCUT2D eigenvalue weighted by molar-refractivity contribution is 0.320. The second-order valence-electron chi connectivity index (χ2n) is 6.03. The zero-order valence-corrected chi connectivity index (χ0v) is 10.6. The third-order valence-electron chi connectivity index (χ3n) is 4.38. The predicted molar refractivity (Wildman–Crippen MR) is 68.1 cm³/mol. The van der Waals surface area contributed by atoms with E-state index in [-0.39, 0.29) is 0 Å². The summed E-state index contributed by atoms with van der Waals surface area (Å²) in [6.07, 6.45) is 9.01. The van der Waals surface area contributed by atoms with E-state index in [2.05, 4.69) is 19.3 Å². The van der Waals surface area contributed by atoms with Crippen molar-refractivity contribution in [2.24, 2.45) is 22.2 Å². The SMILES string of the molecule is CC1(C)CCCC1C(=NC1CCCC1)NN. The Morgan fingerprint density at radius 1 is 1.19 bits per heavy atom. The summed E-state index contributed by atoms with van der Waals surface area (Å²) in [5.41, 5.74) is 3.24. The first-order chi connectivity index (χ1) is 7.63. The number of hydrazine groups is 1. The van der Waals surface area contributed by atoms with E-state index in [1.807, 2.05) is 0 Å². The number of nitrogens with zero attached hydrogens (tertiary/aromatic N) is 1. The molecule has 2 aliphatic rings. The van der Waals surface area contributed by atoms with Crippen LogP contribution < -0.4 is 11.3 Å². The Hall–Kier alpha value is -0.570. The minimum atomic E-state index is 0.365. The van der Waals surface area contributed by atoms with Crippen molar-refractivity contribution in [3.8, 4) is 0 Å². The molecule has 0 aromatic rings. The van der Waals surface area contributed by atoms with E-state index in [0.717, 1.165) is 5.84 Å². The van der Waals surface area contributed by atoms with Gasteiger partial charge in [0.1, 0.15) is 5.84 Å². The van der Waals surface area contributed by atoms with Crippen LogP contribution in [0.5, 0.6) is 0 Å². The standard InChI is InChI=1S/C13H25N3/c1-13(2)9-5-8-11(13)12(16-14)15-10-6-3-4-7-10/h10-11H,3-9,14H2,1-2H3,(H,15,16). The van der Waals surface area contributed by atoms with Gasteiger partial charge in [0.15, 0.2) is 0 Å². The molecule has 1 atom stereocenters. The number of hydrogen-bond acceptors (Lipinski definition) is 2. The molecule has 0 aromatic heterocycles. The van der Waals surface area contributed by atoms with Crippen LogP contribution in [0.25, 0.3) is 0 Å². The Kier molecular flexibility index (Phi) is 3.53. The fourth-order valence-electron chi connectivity index (χ4n) is 3.29. The van der Waals surface area contributed by atoms with Gasteiger partial charge in [-0.1, -0.05) is 33.1 Å². The van der Waals surface area contributed by atoms with Crippen LogP contribution in [0.4, 0.5) is 0 Å². The van der Waals surface area contributed by atoms with Gasteiger partial charge in [0.05, 0.1) is 6.04 Å². The average Bonchev–Trinajstić information content (AvgIpc) is 2.84. The molecule has 3 heteroatoms. The van der Waals surface area contributed by atoms with E-state index >= 15 is 0 Å².